The first-order valence-corrected chi connectivity index (χ1v) is 14.1. The molecule has 2 nitrogen and oxygen atoms in total. The third kappa shape index (κ3) is 3.72. The maximum Gasteiger partial charge on any atom is 0.348 e. The van der Waals surface area contributed by atoms with Crippen molar-refractivity contribution in [2.24, 2.45) is 10.8 Å². The van der Waals surface area contributed by atoms with Crippen LogP contribution in [0.2, 0.25) is 0 Å². The lowest BCUT2D eigenvalue weighted by Crippen LogP contribution is -2.47. The van der Waals surface area contributed by atoms with Gasteiger partial charge in [0, 0.05) is 15.4 Å². The zero-order valence-corrected chi connectivity index (χ0v) is 23.4. The number of benzene rings is 4. The van der Waals surface area contributed by atoms with Gasteiger partial charge in [-0.1, -0.05) is 100 Å². The third-order valence-corrected chi connectivity index (χ3v) is 9.73. The van der Waals surface area contributed by atoms with Crippen LogP contribution in [0.4, 0.5) is 0 Å². The molecule has 1 aliphatic carbocycles. The smallest absolute Gasteiger partial charge is 0.348 e. The lowest BCUT2D eigenvalue weighted by Gasteiger charge is -2.47. The fraction of sp³-hybridized carbons (Fsp3) is 0.229. The molecule has 0 bridgehead atoms. The monoisotopic (exact) mass is 516 g/mol. The Labute approximate surface area is 227 Å². The summed E-state index contributed by atoms with van der Waals surface area (Å²) < 4.78 is 6.62. The van der Waals surface area contributed by atoms with E-state index in [1.807, 2.05) is 6.92 Å². The molecule has 190 valence electrons. The number of esters is 1. The molecule has 0 N–H and O–H groups in total. The normalized spacial score (nSPS) is 16.0. The van der Waals surface area contributed by atoms with E-state index >= 15 is 0 Å². The van der Waals surface area contributed by atoms with Gasteiger partial charge in [0.1, 0.15) is 4.88 Å². The van der Waals surface area contributed by atoms with Gasteiger partial charge < -0.3 is 4.74 Å². The first-order chi connectivity index (χ1) is 18.2. The number of rotatable bonds is 4. The van der Waals surface area contributed by atoms with Gasteiger partial charge in [0.05, 0.1) is 6.61 Å². The quantitative estimate of drug-likeness (QED) is 0.229. The maximum atomic E-state index is 13.0. The van der Waals surface area contributed by atoms with Crippen molar-refractivity contribution in [3.63, 3.8) is 0 Å². The molecule has 38 heavy (non-hydrogen) atoms. The largest absolute Gasteiger partial charge is 0.462 e. The van der Waals surface area contributed by atoms with Crippen molar-refractivity contribution in [2.45, 2.75) is 34.6 Å². The van der Waals surface area contributed by atoms with Gasteiger partial charge in [0.25, 0.3) is 0 Å². The van der Waals surface area contributed by atoms with Gasteiger partial charge in [-0.15, -0.1) is 11.3 Å². The molecule has 0 spiro atoms. The number of hydrogen-bond donors (Lipinski definition) is 0. The van der Waals surface area contributed by atoms with E-state index in [1.165, 1.54) is 43.8 Å². The van der Waals surface area contributed by atoms with Gasteiger partial charge in [0.15, 0.2) is 0 Å². The van der Waals surface area contributed by atoms with Crippen LogP contribution < -0.4 is 9.75 Å². The summed E-state index contributed by atoms with van der Waals surface area (Å²) in [5, 5.41) is 6.04. The molecular weight excluding hydrogens is 484 g/mol. The van der Waals surface area contributed by atoms with Crippen LogP contribution in [0.1, 0.15) is 55.4 Å². The molecule has 5 aromatic rings. The van der Waals surface area contributed by atoms with Gasteiger partial charge in [-0.05, 0) is 74.2 Å². The molecule has 0 atom stereocenters. The van der Waals surface area contributed by atoms with Crippen LogP contribution in [0.5, 0.6) is 0 Å². The van der Waals surface area contributed by atoms with Crippen molar-refractivity contribution in [3.8, 4) is 0 Å². The van der Waals surface area contributed by atoms with Gasteiger partial charge in [-0.25, -0.2) is 4.79 Å². The van der Waals surface area contributed by atoms with Gasteiger partial charge in [0.2, 0.25) is 0 Å². The first kappa shape index (κ1) is 24.6. The van der Waals surface area contributed by atoms with E-state index in [4.69, 9.17) is 4.74 Å². The Hall–Kier alpha value is -3.69. The number of carbonyl (C=O) groups is 1. The lowest BCUT2D eigenvalue weighted by molar-refractivity contribution is 0.0532. The van der Waals surface area contributed by atoms with Crippen LogP contribution in [0.25, 0.3) is 32.7 Å². The van der Waals surface area contributed by atoms with E-state index in [9.17, 15) is 4.79 Å². The van der Waals surface area contributed by atoms with Crippen molar-refractivity contribution in [2.75, 3.05) is 6.61 Å². The molecule has 3 heteroatoms. The molecule has 0 fully saturated rings. The van der Waals surface area contributed by atoms with Crippen molar-refractivity contribution in [3.05, 3.63) is 117 Å². The number of carbonyl (C=O) groups excluding carboxylic acids is 1. The first-order valence-electron chi connectivity index (χ1n) is 13.3. The Balaban J connectivity index is 1.75. The zero-order valence-electron chi connectivity index (χ0n) is 22.6. The third-order valence-electron chi connectivity index (χ3n) is 8.59. The molecule has 0 saturated carbocycles. The molecular formula is C35H32O2S. The van der Waals surface area contributed by atoms with E-state index in [2.05, 4.69) is 119 Å². The minimum atomic E-state index is -0.252. The molecule has 0 amide bonds. The fourth-order valence-corrected chi connectivity index (χ4v) is 7.29. The second-order valence-corrected chi connectivity index (χ2v) is 12.2. The fourth-order valence-electron chi connectivity index (χ4n) is 6.01. The highest BCUT2D eigenvalue weighted by molar-refractivity contribution is 7.12. The minimum Gasteiger partial charge on any atom is -0.462 e. The van der Waals surface area contributed by atoms with E-state index < -0.39 is 0 Å². The molecule has 0 unspecified atom stereocenters. The Morgan fingerprint density at radius 2 is 1.18 bits per heavy atom. The SMILES string of the molecule is CCOC(=O)c1cc2c(s1)=C(c1ccc3ccccc3c1)C(C)(C)C(C)(C)C=2c1ccc2ccccc2c1. The van der Waals surface area contributed by atoms with E-state index in [0.717, 1.165) is 9.75 Å². The number of fused-ring (bicyclic) bond motifs is 3. The van der Waals surface area contributed by atoms with Crippen LogP contribution >= 0.6 is 11.3 Å². The van der Waals surface area contributed by atoms with Gasteiger partial charge in [-0.3, -0.25) is 0 Å². The molecule has 0 aliphatic heterocycles. The summed E-state index contributed by atoms with van der Waals surface area (Å²) in [5.74, 6) is -0.252. The van der Waals surface area contributed by atoms with E-state index in [-0.39, 0.29) is 16.8 Å². The number of hydrogen-bond acceptors (Lipinski definition) is 3. The highest BCUT2D eigenvalue weighted by Gasteiger charge is 2.47. The molecule has 1 heterocycles. The molecule has 6 rings (SSSR count). The average Bonchev–Trinajstić information content (AvgIpc) is 3.32. The molecule has 1 aliphatic rings. The molecule has 0 saturated heterocycles. The average molecular weight is 517 g/mol. The number of thiophene rings is 1. The highest BCUT2D eigenvalue weighted by Crippen LogP contribution is 2.55. The summed E-state index contributed by atoms with van der Waals surface area (Å²) in [6.07, 6.45) is 0. The molecule has 4 aromatic carbocycles. The summed E-state index contributed by atoms with van der Waals surface area (Å²) in [6, 6.07) is 32.6. The Morgan fingerprint density at radius 1 is 0.684 bits per heavy atom. The summed E-state index contributed by atoms with van der Waals surface area (Å²) in [7, 11) is 0. The second kappa shape index (κ2) is 8.96. The Morgan fingerprint density at radius 3 is 1.74 bits per heavy atom. The topological polar surface area (TPSA) is 26.3 Å². The standard InChI is InChI=1S/C35H32O2S/c1-6-37-33(36)29-21-28-30(26-17-15-22-11-7-9-13-24(22)19-26)34(2,3)35(4,5)31(32(28)38-29)27-18-16-23-12-8-10-14-25(23)20-27/h7-21H,6H2,1-5H3. The molecule has 0 radical (unpaired) electrons. The zero-order chi connectivity index (χ0) is 26.7. The Bertz CT molecular complexity index is 1730. The van der Waals surface area contributed by atoms with Crippen LogP contribution in [-0.4, -0.2) is 12.6 Å². The summed E-state index contributed by atoms with van der Waals surface area (Å²) in [4.78, 5) is 13.6. The van der Waals surface area contributed by atoms with Crippen LogP contribution in [0, 0.1) is 10.8 Å². The molecule has 1 aromatic heterocycles. The summed E-state index contributed by atoms with van der Waals surface area (Å²) >= 11 is 1.56. The van der Waals surface area contributed by atoms with Gasteiger partial charge in [-0.2, -0.15) is 0 Å². The van der Waals surface area contributed by atoms with Crippen molar-refractivity contribution in [1.29, 1.82) is 0 Å². The summed E-state index contributed by atoms with van der Waals surface area (Å²) in [5.41, 5.74) is 4.52. The van der Waals surface area contributed by atoms with Crippen LogP contribution in [0.3, 0.4) is 0 Å². The van der Waals surface area contributed by atoms with Crippen LogP contribution in [-0.2, 0) is 4.74 Å². The Kier molecular flexibility index (Phi) is 5.81. The van der Waals surface area contributed by atoms with E-state index in [1.54, 1.807) is 11.3 Å². The van der Waals surface area contributed by atoms with Gasteiger partial charge >= 0.3 is 5.97 Å². The van der Waals surface area contributed by atoms with Crippen molar-refractivity contribution in [1.82, 2.24) is 0 Å². The van der Waals surface area contributed by atoms with E-state index in [0.29, 0.717) is 11.5 Å². The predicted octanol–water partition coefficient (Wildman–Crippen LogP) is 7.70. The van der Waals surface area contributed by atoms with Crippen molar-refractivity contribution < 1.29 is 9.53 Å². The predicted molar refractivity (Wildman–Crippen MR) is 160 cm³/mol. The number of ether oxygens (including phenoxy) is 1. The highest BCUT2D eigenvalue weighted by atomic mass is 32.1. The lowest BCUT2D eigenvalue weighted by atomic mass is 9.56. The second-order valence-electron chi connectivity index (χ2n) is 11.2. The maximum absolute atomic E-state index is 13.0. The van der Waals surface area contributed by atoms with Crippen molar-refractivity contribution >= 4 is 50.0 Å². The van der Waals surface area contributed by atoms with Crippen LogP contribution in [0.15, 0.2) is 91.0 Å². The summed E-state index contributed by atoms with van der Waals surface area (Å²) in [6.45, 7) is 11.6. The minimum absolute atomic E-state index is 0.222.